The Morgan fingerprint density at radius 2 is 1.00 bits per heavy atom. The zero-order chi connectivity index (χ0) is 15.1. The van der Waals surface area contributed by atoms with Crippen LogP contribution in [0.4, 0.5) is 0 Å². The van der Waals surface area contributed by atoms with Gasteiger partial charge in [-0.1, -0.05) is 36.4 Å². The molecule has 108 valence electrons. The Hall–Kier alpha value is -0.940. The molecule has 4 rings (SSSR count). The largest absolute Gasteiger partial charge is 0.136 e. The van der Waals surface area contributed by atoms with Crippen molar-refractivity contribution in [3.8, 4) is 22.3 Å². The minimum absolute atomic E-state index is 1.18. The van der Waals surface area contributed by atoms with E-state index in [1.807, 2.05) is 0 Å². The first kappa shape index (κ1) is 14.6. The standard InChI is InChI=1S/C18H10Br2S2/c19-17-15(7-9-21-17)13-5-1-3-11-12(13)4-2-6-14(11)16-8-10-22-18(16)20/h1-10H. The molecule has 0 bridgehead atoms. The topological polar surface area (TPSA) is 0 Å². The molecule has 0 unspecified atom stereocenters. The lowest BCUT2D eigenvalue weighted by atomic mass is 9.95. The van der Waals surface area contributed by atoms with Crippen molar-refractivity contribution >= 4 is 65.3 Å². The van der Waals surface area contributed by atoms with E-state index in [2.05, 4.69) is 91.2 Å². The predicted molar refractivity (Wildman–Crippen MR) is 106 cm³/mol. The van der Waals surface area contributed by atoms with E-state index in [9.17, 15) is 0 Å². The molecule has 0 fully saturated rings. The smallest absolute Gasteiger partial charge is 0.0776 e. The van der Waals surface area contributed by atoms with Gasteiger partial charge < -0.3 is 0 Å². The van der Waals surface area contributed by atoms with E-state index in [1.165, 1.54) is 40.6 Å². The normalized spacial score (nSPS) is 11.2. The second kappa shape index (κ2) is 5.93. The Morgan fingerprint density at radius 3 is 1.36 bits per heavy atom. The van der Waals surface area contributed by atoms with Gasteiger partial charge in [-0.25, -0.2) is 0 Å². The summed E-state index contributed by atoms with van der Waals surface area (Å²) in [5.74, 6) is 0. The van der Waals surface area contributed by atoms with Crippen LogP contribution in [0, 0.1) is 0 Å². The molecular formula is C18H10Br2S2. The summed E-state index contributed by atoms with van der Waals surface area (Å²) in [4.78, 5) is 0. The SMILES string of the molecule is Brc1sccc1-c1cccc2c(-c3ccsc3Br)cccc12. The van der Waals surface area contributed by atoms with Gasteiger partial charge in [-0.05, 0) is 76.7 Å². The maximum absolute atomic E-state index is 3.67. The van der Waals surface area contributed by atoms with Crippen LogP contribution in [0.2, 0.25) is 0 Å². The van der Waals surface area contributed by atoms with Crippen molar-refractivity contribution in [2.45, 2.75) is 0 Å². The third kappa shape index (κ3) is 2.38. The van der Waals surface area contributed by atoms with Crippen LogP contribution in [0.1, 0.15) is 0 Å². The minimum atomic E-state index is 1.18. The van der Waals surface area contributed by atoms with E-state index in [4.69, 9.17) is 0 Å². The second-order valence-electron chi connectivity index (χ2n) is 4.92. The molecule has 0 spiro atoms. The highest BCUT2D eigenvalue weighted by atomic mass is 79.9. The van der Waals surface area contributed by atoms with Crippen LogP contribution in [0.25, 0.3) is 33.0 Å². The molecule has 4 heteroatoms. The second-order valence-corrected chi connectivity index (χ2v) is 9.39. The van der Waals surface area contributed by atoms with Gasteiger partial charge in [0.2, 0.25) is 0 Å². The predicted octanol–water partition coefficient (Wildman–Crippen LogP) is 7.82. The van der Waals surface area contributed by atoms with Crippen LogP contribution in [-0.4, -0.2) is 0 Å². The summed E-state index contributed by atoms with van der Waals surface area (Å²) in [5.41, 5.74) is 5.08. The Bertz CT molecular complexity index is 887. The van der Waals surface area contributed by atoms with E-state index in [0.29, 0.717) is 0 Å². The number of hydrogen-bond acceptors (Lipinski definition) is 2. The number of halogens is 2. The van der Waals surface area contributed by atoms with Crippen molar-refractivity contribution in [1.29, 1.82) is 0 Å². The molecule has 0 aliphatic heterocycles. The maximum atomic E-state index is 3.67. The van der Waals surface area contributed by atoms with E-state index in [0.717, 1.165) is 0 Å². The van der Waals surface area contributed by atoms with Gasteiger partial charge in [0, 0.05) is 11.1 Å². The average molecular weight is 450 g/mol. The Labute approximate surface area is 153 Å². The van der Waals surface area contributed by atoms with Crippen LogP contribution in [0.5, 0.6) is 0 Å². The zero-order valence-corrected chi connectivity index (χ0v) is 16.2. The fourth-order valence-electron chi connectivity index (χ4n) is 2.75. The van der Waals surface area contributed by atoms with Crippen molar-refractivity contribution in [3.05, 3.63) is 66.9 Å². The minimum Gasteiger partial charge on any atom is -0.136 e. The Kier molecular flexibility index (Phi) is 3.95. The van der Waals surface area contributed by atoms with E-state index in [1.54, 1.807) is 22.7 Å². The van der Waals surface area contributed by atoms with Crippen molar-refractivity contribution in [1.82, 2.24) is 0 Å². The Balaban J connectivity index is 2.04. The third-order valence-corrected chi connectivity index (χ3v) is 7.11. The molecule has 0 nitrogen and oxygen atoms in total. The van der Waals surface area contributed by atoms with Crippen LogP contribution < -0.4 is 0 Å². The van der Waals surface area contributed by atoms with Gasteiger partial charge in [0.15, 0.2) is 0 Å². The molecular weight excluding hydrogens is 440 g/mol. The summed E-state index contributed by atoms with van der Waals surface area (Å²) in [6, 6.07) is 17.4. The average Bonchev–Trinajstić information content (AvgIpc) is 3.14. The van der Waals surface area contributed by atoms with Crippen LogP contribution in [0.3, 0.4) is 0 Å². The van der Waals surface area contributed by atoms with Crippen LogP contribution in [-0.2, 0) is 0 Å². The highest BCUT2D eigenvalue weighted by Gasteiger charge is 2.12. The first-order chi connectivity index (χ1) is 10.8. The van der Waals surface area contributed by atoms with Gasteiger partial charge >= 0.3 is 0 Å². The molecule has 2 aromatic heterocycles. The first-order valence-electron chi connectivity index (χ1n) is 6.74. The fraction of sp³-hybridized carbons (Fsp3) is 0. The molecule has 2 heterocycles. The quantitative estimate of drug-likeness (QED) is 0.292. The number of rotatable bonds is 2. The van der Waals surface area contributed by atoms with Gasteiger partial charge in [-0.15, -0.1) is 22.7 Å². The molecule has 0 saturated heterocycles. The van der Waals surface area contributed by atoms with Crippen molar-refractivity contribution < 1.29 is 0 Å². The van der Waals surface area contributed by atoms with Gasteiger partial charge in [0.1, 0.15) is 0 Å². The number of fused-ring (bicyclic) bond motifs is 1. The molecule has 0 N–H and O–H groups in total. The number of thiophene rings is 2. The van der Waals surface area contributed by atoms with Gasteiger partial charge in [0.05, 0.1) is 7.57 Å². The zero-order valence-electron chi connectivity index (χ0n) is 11.3. The molecule has 0 aliphatic carbocycles. The monoisotopic (exact) mass is 448 g/mol. The molecule has 0 amide bonds. The van der Waals surface area contributed by atoms with E-state index < -0.39 is 0 Å². The van der Waals surface area contributed by atoms with Gasteiger partial charge in [-0.3, -0.25) is 0 Å². The van der Waals surface area contributed by atoms with E-state index in [-0.39, 0.29) is 0 Å². The molecule has 0 aliphatic rings. The van der Waals surface area contributed by atoms with Crippen molar-refractivity contribution in [2.75, 3.05) is 0 Å². The number of hydrogen-bond donors (Lipinski definition) is 0. The molecule has 0 radical (unpaired) electrons. The molecule has 0 saturated carbocycles. The Morgan fingerprint density at radius 1 is 0.545 bits per heavy atom. The summed E-state index contributed by atoms with van der Waals surface area (Å²) < 4.78 is 2.37. The van der Waals surface area contributed by atoms with E-state index >= 15 is 0 Å². The lowest BCUT2D eigenvalue weighted by molar-refractivity contribution is 1.68. The van der Waals surface area contributed by atoms with Crippen molar-refractivity contribution in [3.63, 3.8) is 0 Å². The van der Waals surface area contributed by atoms with Gasteiger partial charge in [-0.2, -0.15) is 0 Å². The summed E-state index contributed by atoms with van der Waals surface area (Å²) in [5, 5.41) is 6.82. The number of benzene rings is 2. The summed E-state index contributed by atoms with van der Waals surface area (Å²) >= 11 is 10.8. The molecule has 4 aromatic rings. The first-order valence-corrected chi connectivity index (χ1v) is 10.1. The fourth-order valence-corrected chi connectivity index (χ4v) is 5.35. The third-order valence-electron chi connectivity index (χ3n) is 3.74. The van der Waals surface area contributed by atoms with Crippen molar-refractivity contribution in [2.24, 2.45) is 0 Å². The highest BCUT2D eigenvalue weighted by Crippen LogP contribution is 2.41. The van der Waals surface area contributed by atoms with Crippen LogP contribution in [0.15, 0.2) is 66.9 Å². The highest BCUT2D eigenvalue weighted by molar-refractivity contribution is 9.11. The summed E-state index contributed by atoms with van der Waals surface area (Å²) in [6.45, 7) is 0. The molecule has 0 atom stereocenters. The van der Waals surface area contributed by atoms with Crippen LogP contribution >= 0.6 is 54.5 Å². The summed E-state index contributed by atoms with van der Waals surface area (Å²) in [6.07, 6.45) is 0. The lowest BCUT2D eigenvalue weighted by Crippen LogP contribution is -1.84. The maximum Gasteiger partial charge on any atom is 0.0776 e. The molecule has 22 heavy (non-hydrogen) atoms. The molecule has 2 aromatic carbocycles. The van der Waals surface area contributed by atoms with Gasteiger partial charge in [0.25, 0.3) is 0 Å². The lowest BCUT2D eigenvalue weighted by Gasteiger charge is -2.10. The summed E-state index contributed by atoms with van der Waals surface area (Å²) in [7, 11) is 0.